The number of allylic oxidation sites excluding steroid dienone is 4. The molecule has 0 aromatic carbocycles. The van der Waals surface area contributed by atoms with Crippen LogP contribution in [0.15, 0.2) is 24.3 Å². The summed E-state index contributed by atoms with van der Waals surface area (Å²) in [7, 11) is 0. The molecule has 344 valence electrons. The van der Waals surface area contributed by atoms with Crippen LogP contribution in [0.1, 0.15) is 233 Å². The average molecular weight is 815 g/mol. The maximum Gasteiger partial charge on any atom is 0.0595 e. The van der Waals surface area contributed by atoms with E-state index in [9.17, 15) is 0 Å². The second kappa shape index (κ2) is 42.9. The summed E-state index contributed by atoms with van der Waals surface area (Å²) in [6.45, 7) is 17.9. The zero-order valence-electron chi connectivity index (χ0n) is 40.0. The zero-order valence-corrected chi connectivity index (χ0v) is 40.0. The summed E-state index contributed by atoms with van der Waals surface area (Å²) in [5, 5.41) is 8.00. The minimum atomic E-state index is 0.498. The highest BCUT2D eigenvalue weighted by atomic mass is 15.4. The quantitative estimate of drug-likeness (QED) is 0.0362. The Morgan fingerprint density at radius 1 is 0.397 bits per heavy atom. The lowest BCUT2D eigenvalue weighted by molar-refractivity contribution is 0.0447. The Morgan fingerprint density at radius 3 is 1.03 bits per heavy atom. The van der Waals surface area contributed by atoms with E-state index in [-0.39, 0.29) is 0 Å². The number of hydrogen-bond acceptors (Lipinski definition) is 6. The Balaban J connectivity index is 2.30. The van der Waals surface area contributed by atoms with E-state index >= 15 is 0 Å². The van der Waals surface area contributed by atoms with Gasteiger partial charge in [0.05, 0.1) is 12.3 Å². The molecule has 1 aliphatic rings. The van der Waals surface area contributed by atoms with E-state index in [1.165, 1.54) is 232 Å². The lowest BCUT2D eigenvalue weighted by Crippen LogP contribution is -2.58. The highest BCUT2D eigenvalue weighted by Crippen LogP contribution is 2.22. The van der Waals surface area contributed by atoms with E-state index in [1.54, 1.807) is 0 Å². The standard InChI is InChI=1S/C52H106N6/c1-5-9-11-13-15-17-19-21-23-25-27-29-31-35-49(37-33-41-53)39-43-55-51(7-3)57-45-47-58(48-46-57)52(8-4)56-44-40-50(38-34-42-54)36-32-30-28-26-24-22-20-18-16-14-12-10-6-2/h21-24,49-52,55-56H,5-20,25-48,53-54H2,1-4H3/b23-21-,24-22-. The summed E-state index contributed by atoms with van der Waals surface area (Å²) in [5.41, 5.74) is 11.9. The maximum atomic E-state index is 5.96. The van der Waals surface area contributed by atoms with Crippen LogP contribution in [0.25, 0.3) is 0 Å². The number of piperazine rings is 1. The monoisotopic (exact) mass is 815 g/mol. The van der Waals surface area contributed by atoms with Crippen molar-refractivity contribution in [2.45, 2.75) is 245 Å². The van der Waals surface area contributed by atoms with Crippen molar-refractivity contribution in [1.82, 2.24) is 20.4 Å². The molecular formula is C52H106N6. The van der Waals surface area contributed by atoms with Gasteiger partial charge in [-0.05, 0) is 141 Å². The minimum Gasteiger partial charge on any atom is -0.330 e. The normalized spacial score (nSPS) is 16.5. The summed E-state index contributed by atoms with van der Waals surface area (Å²) in [4.78, 5) is 5.46. The summed E-state index contributed by atoms with van der Waals surface area (Å²) in [6.07, 6.45) is 53.4. The number of hydrogen-bond donors (Lipinski definition) is 4. The van der Waals surface area contributed by atoms with Crippen molar-refractivity contribution >= 4 is 0 Å². The van der Waals surface area contributed by atoms with Crippen molar-refractivity contribution in [3.63, 3.8) is 0 Å². The largest absolute Gasteiger partial charge is 0.330 e. The Labute approximate surface area is 364 Å². The van der Waals surface area contributed by atoms with E-state index in [4.69, 9.17) is 11.5 Å². The molecule has 0 aliphatic carbocycles. The average Bonchev–Trinajstić information content (AvgIpc) is 3.25. The van der Waals surface area contributed by atoms with Gasteiger partial charge in [-0.1, -0.05) is 155 Å². The van der Waals surface area contributed by atoms with Crippen molar-refractivity contribution in [3.05, 3.63) is 24.3 Å². The van der Waals surface area contributed by atoms with Crippen LogP contribution < -0.4 is 22.1 Å². The van der Waals surface area contributed by atoms with Crippen molar-refractivity contribution in [3.8, 4) is 0 Å². The van der Waals surface area contributed by atoms with E-state index < -0.39 is 0 Å². The van der Waals surface area contributed by atoms with E-state index in [0.717, 1.165) is 38.0 Å². The summed E-state index contributed by atoms with van der Waals surface area (Å²) < 4.78 is 0. The molecule has 0 aromatic heterocycles. The van der Waals surface area contributed by atoms with Gasteiger partial charge < -0.3 is 22.1 Å². The predicted octanol–water partition coefficient (Wildman–Crippen LogP) is 13.3. The van der Waals surface area contributed by atoms with Gasteiger partial charge in [0.1, 0.15) is 0 Å². The van der Waals surface area contributed by atoms with Gasteiger partial charge in [-0.3, -0.25) is 9.80 Å². The van der Waals surface area contributed by atoms with Gasteiger partial charge in [0.15, 0.2) is 0 Å². The maximum absolute atomic E-state index is 5.96. The number of nitrogens with two attached hydrogens (primary N) is 2. The van der Waals surface area contributed by atoms with Gasteiger partial charge in [0.25, 0.3) is 0 Å². The summed E-state index contributed by atoms with van der Waals surface area (Å²) in [5.74, 6) is 1.62. The van der Waals surface area contributed by atoms with Gasteiger partial charge in [0.2, 0.25) is 0 Å². The Morgan fingerprint density at radius 2 is 0.707 bits per heavy atom. The molecule has 0 radical (unpaired) electrons. The van der Waals surface area contributed by atoms with Crippen LogP contribution in [0, 0.1) is 11.8 Å². The van der Waals surface area contributed by atoms with Crippen LogP contribution in [0.5, 0.6) is 0 Å². The molecule has 1 rings (SSSR count). The molecule has 0 bridgehead atoms. The first kappa shape index (κ1) is 55.3. The van der Waals surface area contributed by atoms with Crippen molar-refractivity contribution < 1.29 is 0 Å². The lowest BCUT2D eigenvalue weighted by Gasteiger charge is -2.42. The van der Waals surface area contributed by atoms with E-state index in [0.29, 0.717) is 12.3 Å². The minimum absolute atomic E-state index is 0.498. The second-order valence-corrected chi connectivity index (χ2v) is 18.3. The third kappa shape index (κ3) is 32.0. The first-order chi connectivity index (χ1) is 28.6. The van der Waals surface area contributed by atoms with Crippen LogP contribution in [0.2, 0.25) is 0 Å². The van der Waals surface area contributed by atoms with Gasteiger partial charge in [-0.25, -0.2) is 0 Å². The molecule has 1 fully saturated rings. The fraction of sp³-hybridized carbons (Fsp3) is 0.923. The molecule has 0 amide bonds. The summed E-state index contributed by atoms with van der Waals surface area (Å²) in [6, 6.07) is 0. The molecule has 4 atom stereocenters. The molecule has 6 nitrogen and oxygen atoms in total. The van der Waals surface area contributed by atoms with Crippen LogP contribution >= 0.6 is 0 Å². The second-order valence-electron chi connectivity index (χ2n) is 18.3. The van der Waals surface area contributed by atoms with Gasteiger partial charge >= 0.3 is 0 Å². The van der Waals surface area contributed by atoms with E-state index in [1.807, 2.05) is 0 Å². The van der Waals surface area contributed by atoms with Gasteiger partial charge in [-0.15, -0.1) is 0 Å². The number of unbranched alkanes of at least 4 members (excludes halogenated alkanes) is 18. The molecule has 58 heavy (non-hydrogen) atoms. The van der Waals surface area contributed by atoms with Crippen LogP contribution in [0.4, 0.5) is 0 Å². The molecule has 1 heterocycles. The van der Waals surface area contributed by atoms with Crippen molar-refractivity contribution in [2.24, 2.45) is 23.3 Å². The summed E-state index contributed by atoms with van der Waals surface area (Å²) >= 11 is 0. The smallest absolute Gasteiger partial charge is 0.0595 e. The number of nitrogens with one attached hydrogen (secondary N) is 2. The van der Waals surface area contributed by atoms with Crippen LogP contribution in [0.3, 0.4) is 0 Å². The van der Waals surface area contributed by atoms with Crippen LogP contribution in [-0.2, 0) is 0 Å². The molecule has 0 saturated carbocycles. The SMILES string of the molecule is CCCCCCCC/C=C\CCCCCC(CCCN)CCNC(CC)N1CCN(C(CC)NCCC(CCCN)CCCCC/C=C\CCCCCCCC)CC1. The molecule has 6 heteroatoms. The fourth-order valence-corrected chi connectivity index (χ4v) is 9.31. The van der Waals surface area contributed by atoms with Crippen LogP contribution in [-0.4, -0.2) is 74.5 Å². The Bertz CT molecular complexity index is 800. The van der Waals surface area contributed by atoms with Crippen molar-refractivity contribution in [2.75, 3.05) is 52.4 Å². The highest BCUT2D eigenvalue weighted by molar-refractivity contribution is 4.83. The van der Waals surface area contributed by atoms with E-state index in [2.05, 4.69) is 72.4 Å². The molecular weight excluding hydrogens is 709 g/mol. The Kier molecular flexibility index (Phi) is 40.9. The predicted molar refractivity (Wildman–Crippen MR) is 261 cm³/mol. The Hall–Kier alpha value is -0.760. The fourth-order valence-electron chi connectivity index (χ4n) is 9.31. The van der Waals surface area contributed by atoms with Gasteiger partial charge in [-0.2, -0.15) is 0 Å². The molecule has 1 aliphatic heterocycles. The molecule has 0 spiro atoms. The van der Waals surface area contributed by atoms with Crippen molar-refractivity contribution in [1.29, 1.82) is 0 Å². The highest BCUT2D eigenvalue weighted by Gasteiger charge is 2.26. The number of rotatable bonds is 44. The first-order valence-electron chi connectivity index (χ1n) is 26.3. The molecule has 4 unspecified atom stereocenters. The third-order valence-electron chi connectivity index (χ3n) is 13.3. The first-order valence-corrected chi connectivity index (χ1v) is 26.3. The zero-order chi connectivity index (χ0) is 42.0. The third-order valence-corrected chi connectivity index (χ3v) is 13.3. The topological polar surface area (TPSA) is 82.6 Å². The molecule has 6 N–H and O–H groups in total. The van der Waals surface area contributed by atoms with Gasteiger partial charge in [0, 0.05) is 26.2 Å². The molecule has 1 saturated heterocycles. The molecule has 0 aromatic rings. The lowest BCUT2D eigenvalue weighted by atomic mass is 9.92. The number of nitrogens with zero attached hydrogens (tertiary/aromatic N) is 2.